The first-order valence-corrected chi connectivity index (χ1v) is 11.8. The molecule has 0 aromatic heterocycles. The Balaban J connectivity index is 1.82. The number of amidine groups is 1. The van der Waals surface area contributed by atoms with E-state index in [9.17, 15) is 9.59 Å². The average Bonchev–Trinajstić information content (AvgIpc) is 2.78. The number of hydrogen-bond acceptors (Lipinski definition) is 7. The van der Waals surface area contributed by atoms with Crippen molar-refractivity contribution in [3.8, 4) is 5.75 Å². The van der Waals surface area contributed by atoms with E-state index in [-0.39, 0.29) is 18.3 Å². The van der Waals surface area contributed by atoms with E-state index in [1.54, 1.807) is 6.92 Å². The van der Waals surface area contributed by atoms with Crippen molar-refractivity contribution in [1.82, 2.24) is 5.32 Å². The topological polar surface area (TPSA) is 89.0 Å². The second-order valence-corrected chi connectivity index (χ2v) is 8.36. The predicted molar refractivity (Wildman–Crippen MR) is 133 cm³/mol. The zero-order valence-electron chi connectivity index (χ0n) is 19.3. The number of anilines is 1. The highest BCUT2D eigenvalue weighted by Crippen LogP contribution is 2.37. The van der Waals surface area contributed by atoms with E-state index < -0.39 is 12.0 Å². The Morgan fingerprint density at radius 1 is 1.09 bits per heavy atom. The van der Waals surface area contributed by atoms with Crippen LogP contribution in [0.1, 0.15) is 37.9 Å². The van der Waals surface area contributed by atoms with E-state index in [4.69, 9.17) is 14.5 Å². The third-order valence-electron chi connectivity index (χ3n) is 4.87. The minimum Gasteiger partial charge on any atom is -0.494 e. The number of para-hydroxylation sites is 1. The Kier molecular flexibility index (Phi) is 8.54. The number of thioether (sulfide) groups is 1. The Morgan fingerprint density at radius 2 is 1.88 bits per heavy atom. The van der Waals surface area contributed by atoms with Crippen molar-refractivity contribution < 1.29 is 19.1 Å². The third kappa shape index (κ3) is 6.38. The number of aliphatic imine (C=N–C) groups is 1. The third-order valence-corrected chi connectivity index (χ3v) is 5.76. The van der Waals surface area contributed by atoms with E-state index in [1.165, 1.54) is 11.8 Å². The Hall–Kier alpha value is -3.26. The van der Waals surface area contributed by atoms with Crippen LogP contribution >= 0.6 is 11.8 Å². The zero-order valence-corrected chi connectivity index (χ0v) is 20.1. The van der Waals surface area contributed by atoms with Crippen LogP contribution in [0.15, 0.2) is 64.8 Å². The molecule has 7 nitrogen and oxygen atoms in total. The number of amides is 1. The van der Waals surface area contributed by atoms with Crippen molar-refractivity contribution in [2.24, 2.45) is 4.99 Å². The molecule has 0 aliphatic carbocycles. The molecule has 1 heterocycles. The van der Waals surface area contributed by atoms with E-state index in [0.29, 0.717) is 28.8 Å². The molecular formula is C25H29N3O4S. The van der Waals surface area contributed by atoms with Gasteiger partial charge in [0.15, 0.2) is 5.17 Å². The van der Waals surface area contributed by atoms with Gasteiger partial charge in [0.05, 0.1) is 24.5 Å². The number of benzene rings is 2. The SMILES string of the molecule is CCOC(=O)C1=C(C)NC(SCC(=O)Nc2cccc(C)c2)=N[C@H]1c1ccccc1OCC. The number of aryl methyl sites for hydroxylation is 1. The molecule has 174 valence electrons. The fourth-order valence-electron chi connectivity index (χ4n) is 3.47. The molecule has 0 saturated heterocycles. The summed E-state index contributed by atoms with van der Waals surface area (Å²) in [5.74, 6) is 0.261. The van der Waals surface area contributed by atoms with E-state index in [1.807, 2.05) is 69.3 Å². The maximum absolute atomic E-state index is 12.8. The van der Waals surface area contributed by atoms with Gasteiger partial charge in [-0.2, -0.15) is 0 Å². The van der Waals surface area contributed by atoms with Crippen molar-refractivity contribution in [2.45, 2.75) is 33.7 Å². The van der Waals surface area contributed by atoms with Crippen LogP contribution in [0.4, 0.5) is 5.69 Å². The maximum atomic E-state index is 12.8. The van der Waals surface area contributed by atoms with Crippen molar-refractivity contribution in [2.75, 3.05) is 24.3 Å². The van der Waals surface area contributed by atoms with E-state index >= 15 is 0 Å². The Bertz CT molecular complexity index is 1080. The van der Waals surface area contributed by atoms with Crippen LogP contribution < -0.4 is 15.4 Å². The predicted octanol–water partition coefficient (Wildman–Crippen LogP) is 4.60. The first kappa shape index (κ1) is 24.4. The molecule has 0 unspecified atom stereocenters. The summed E-state index contributed by atoms with van der Waals surface area (Å²) >= 11 is 1.28. The van der Waals surface area contributed by atoms with Crippen molar-refractivity contribution in [1.29, 1.82) is 0 Å². The van der Waals surface area contributed by atoms with Gasteiger partial charge in [-0.25, -0.2) is 9.79 Å². The van der Waals surface area contributed by atoms with Crippen LogP contribution in [-0.2, 0) is 14.3 Å². The molecular weight excluding hydrogens is 438 g/mol. The average molecular weight is 468 g/mol. The standard InChI is InChI=1S/C25H29N3O4S/c1-5-31-20-13-8-7-12-19(20)23-22(24(30)32-6-2)17(4)26-25(28-23)33-15-21(29)27-18-11-9-10-16(3)14-18/h7-14,23H,5-6,15H2,1-4H3,(H,26,28)(H,27,29)/t23-/m0/s1. The number of ether oxygens (including phenoxy) is 2. The molecule has 2 N–H and O–H groups in total. The zero-order chi connectivity index (χ0) is 23.8. The van der Waals surface area contributed by atoms with Gasteiger partial charge < -0.3 is 20.1 Å². The smallest absolute Gasteiger partial charge is 0.338 e. The lowest BCUT2D eigenvalue weighted by molar-refractivity contribution is -0.139. The lowest BCUT2D eigenvalue weighted by Gasteiger charge is -2.26. The number of nitrogens with zero attached hydrogens (tertiary/aromatic N) is 1. The number of nitrogens with one attached hydrogen (secondary N) is 2. The van der Waals surface area contributed by atoms with Crippen molar-refractivity contribution >= 4 is 34.5 Å². The molecule has 1 aliphatic heterocycles. The summed E-state index contributed by atoms with van der Waals surface area (Å²) < 4.78 is 11.1. The molecule has 0 radical (unpaired) electrons. The minimum absolute atomic E-state index is 0.140. The number of carbonyl (C=O) groups is 2. The van der Waals surface area contributed by atoms with Gasteiger partial charge in [-0.15, -0.1) is 0 Å². The van der Waals surface area contributed by atoms with Crippen molar-refractivity contribution in [3.05, 3.63) is 70.9 Å². The van der Waals surface area contributed by atoms with E-state index in [0.717, 1.165) is 16.8 Å². The molecule has 1 atom stereocenters. The van der Waals surface area contributed by atoms with Gasteiger partial charge in [0.1, 0.15) is 11.8 Å². The molecule has 0 fully saturated rings. The van der Waals surface area contributed by atoms with Crippen LogP contribution in [-0.4, -0.2) is 36.0 Å². The Labute approximate surface area is 198 Å². The number of rotatable bonds is 8. The molecule has 1 amide bonds. The number of esters is 1. The van der Waals surface area contributed by atoms with Gasteiger partial charge in [-0.05, 0) is 51.5 Å². The van der Waals surface area contributed by atoms with Gasteiger partial charge in [0.2, 0.25) is 5.91 Å². The highest BCUT2D eigenvalue weighted by molar-refractivity contribution is 8.14. The van der Waals surface area contributed by atoms with Crippen molar-refractivity contribution in [3.63, 3.8) is 0 Å². The summed E-state index contributed by atoms with van der Waals surface area (Å²) in [7, 11) is 0. The van der Waals surface area contributed by atoms with E-state index in [2.05, 4.69) is 10.6 Å². The first-order valence-electron chi connectivity index (χ1n) is 10.9. The molecule has 0 spiro atoms. The molecule has 2 aromatic carbocycles. The summed E-state index contributed by atoms with van der Waals surface area (Å²) in [6.07, 6.45) is 0. The second-order valence-electron chi connectivity index (χ2n) is 7.40. The van der Waals surface area contributed by atoms with Gasteiger partial charge in [-0.3, -0.25) is 4.79 Å². The van der Waals surface area contributed by atoms with Gasteiger partial charge >= 0.3 is 5.97 Å². The quantitative estimate of drug-likeness (QED) is 0.552. The van der Waals surface area contributed by atoms with Gasteiger partial charge in [-0.1, -0.05) is 42.1 Å². The molecule has 33 heavy (non-hydrogen) atoms. The van der Waals surface area contributed by atoms with Crippen LogP contribution in [0.5, 0.6) is 5.75 Å². The van der Waals surface area contributed by atoms with Gasteiger partial charge in [0, 0.05) is 16.9 Å². The van der Waals surface area contributed by atoms with Crippen LogP contribution in [0.25, 0.3) is 0 Å². The molecule has 0 bridgehead atoms. The summed E-state index contributed by atoms with van der Waals surface area (Å²) in [5.41, 5.74) is 3.66. The highest BCUT2D eigenvalue weighted by atomic mass is 32.2. The first-order chi connectivity index (χ1) is 15.9. The normalized spacial score (nSPS) is 15.4. The molecule has 3 rings (SSSR count). The fourth-order valence-corrected chi connectivity index (χ4v) is 4.21. The molecule has 8 heteroatoms. The number of allylic oxidation sites excluding steroid dienone is 1. The summed E-state index contributed by atoms with van der Waals surface area (Å²) in [6.45, 7) is 8.21. The molecule has 1 aliphatic rings. The largest absolute Gasteiger partial charge is 0.494 e. The maximum Gasteiger partial charge on any atom is 0.338 e. The molecule has 0 saturated carbocycles. The summed E-state index contributed by atoms with van der Waals surface area (Å²) in [4.78, 5) is 30.0. The van der Waals surface area contributed by atoms with Gasteiger partial charge in [0.25, 0.3) is 0 Å². The number of hydrogen-bond donors (Lipinski definition) is 2. The summed E-state index contributed by atoms with van der Waals surface area (Å²) in [5, 5.41) is 6.61. The van der Waals surface area contributed by atoms with Crippen LogP contribution in [0.3, 0.4) is 0 Å². The fraction of sp³-hybridized carbons (Fsp3) is 0.320. The molecule has 2 aromatic rings. The minimum atomic E-state index is -0.601. The summed E-state index contributed by atoms with van der Waals surface area (Å²) in [6, 6.07) is 14.6. The lowest BCUT2D eigenvalue weighted by atomic mass is 9.96. The Morgan fingerprint density at radius 3 is 2.61 bits per heavy atom. The highest BCUT2D eigenvalue weighted by Gasteiger charge is 2.32. The second kappa shape index (κ2) is 11.6. The van der Waals surface area contributed by atoms with Crippen LogP contribution in [0.2, 0.25) is 0 Å². The van der Waals surface area contributed by atoms with Crippen LogP contribution in [0, 0.1) is 6.92 Å². The number of carbonyl (C=O) groups excluding carboxylic acids is 2. The lowest BCUT2D eigenvalue weighted by Crippen LogP contribution is -2.31. The monoisotopic (exact) mass is 467 g/mol.